The Balaban J connectivity index is 1.54. The number of aromatic nitrogens is 1. The van der Waals surface area contributed by atoms with E-state index in [-0.39, 0.29) is 5.97 Å². The molecule has 0 aliphatic rings. The third-order valence-electron chi connectivity index (χ3n) is 3.96. The number of benzene rings is 1. The number of ether oxygens (including phenoxy) is 1. The van der Waals surface area contributed by atoms with Crippen LogP contribution in [0.2, 0.25) is 0 Å². The van der Waals surface area contributed by atoms with E-state index in [1.54, 1.807) is 6.92 Å². The molecule has 0 aliphatic carbocycles. The maximum Gasteiger partial charge on any atom is 0.315 e. The molecule has 2 heterocycles. The molecule has 2 aromatic heterocycles. The molecule has 0 aliphatic heterocycles. The highest BCUT2D eigenvalue weighted by atomic mass is 32.2. The number of carbonyl (C=O) groups excluding carboxylic acids is 1. The van der Waals surface area contributed by atoms with Crippen molar-refractivity contribution in [2.45, 2.75) is 20.3 Å². The van der Waals surface area contributed by atoms with Crippen LogP contribution in [0, 0.1) is 6.92 Å². The maximum absolute atomic E-state index is 11.3. The largest absolute Gasteiger partial charge is 0.465 e. The van der Waals surface area contributed by atoms with Gasteiger partial charge in [0.1, 0.15) is 17.3 Å². The van der Waals surface area contributed by atoms with Crippen molar-refractivity contribution in [3.8, 4) is 11.5 Å². The summed E-state index contributed by atoms with van der Waals surface area (Å²) >= 11 is 1.51. The average molecular weight is 397 g/mol. The minimum atomic E-state index is -0.181. The third kappa shape index (κ3) is 5.63. The summed E-state index contributed by atoms with van der Waals surface area (Å²) in [6.45, 7) is 4.14. The van der Waals surface area contributed by atoms with Crippen LogP contribution in [0.1, 0.15) is 29.9 Å². The van der Waals surface area contributed by atoms with Gasteiger partial charge in [-0.05, 0) is 44.2 Å². The zero-order valence-corrected chi connectivity index (χ0v) is 16.8. The van der Waals surface area contributed by atoms with Crippen molar-refractivity contribution in [2.75, 3.05) is 18.1 Å². The van der Waals surface area contributed by atoms with Crippen LogP contribution < -0.4 is 0 Å². The molecule has 5 nitrogen and oxygen atoms in total. The van der Waals surface area contributed by atoms with E-state index >= 15 is 0 Å². The second-order valence-corrected chi connectivity index (χ2v) is 7.12. The Bertz CT molecular complexity index is 927. The summed E-state index contributed by atoms with van der Waals surface area (Å²) < 4.78 is 16.5. The maximum atomic E-state index is 11.3. The second-order valence-electron chi connectivity index (χ2n) is 6.09. The quantitative estimate of drug-likeness (QED) is 0.368. The van der Waals surface area contributed by atoms with Gasteiger partial charge in [-0.3, -0.25) is 4.79 Å². The fourth-order valence-corrected chi connectivity index (χ4v) is 3.22. The molecule has 0 unspecified atom stereocenters. The molecule has 0 spiro atoms. The normalized spacial score (nSPS) is 11.2. The van der Waals surface area contributed by atoms with Gasteiger partial charge >= 0.3 is 5.97 Å². The minimum absolute atomic E-state index is 0.181. The number of carbonyl (C=O) groups is 1. The van der Waals surface area contributed by atoms with Crippen LogP contribution in [0.4, 0.5) is 0 Å². The number of esters is 1. The van der Waals surface area contributed by atoms with Crippen molar-refractivity contribution in [2.24, 2.45) is 0 Å². The number of hydrogen-bond donors (Lipinski definition) is 0. The Kier molecular flexibility index (Phi) is 7.14. The van der Waals surface area contributed by atoms with Crippen LogP contribution in [0.25, 0.3) is 17.5 Å². The van der Waals surface area contributed by atoms with Gasteiger partial charge in [0.25, 0.3) is 0 Å². The Morgan fingerprint density at radius 2 is 2.00 bits per heavy atom. The molecule has 0 bridgehead atoms. The smallest absolute Gasteiger partial charge is 0.315 e. The van der Waals surface area contributed by atoms with Crippen molar-refractivity contribution in [3.05, 3.63) is 71.5 Å². The number of hydrogen-bond acceptors (Lipinski definition) is 6. The number of nitrogens with zero attached hydrogens (tertiary/aromatic N) is 1. The van der Waals surface area contributed by atoms with E-state index in [0.717, 1.165) is 34.3 Å². The number of furan rings is 1. The monoisotopic (exact) mass is 397 g/mol. The molecule has 0 fully saturated rings. The summed E-state index contributed by atoms with van der Waals surface area (Å²) in [5.41, 5.74) is 1.83. The SMILES string of the molecule is CCOC(=O)CSC/C=C/c1ccc(Cc2nc(-c3ccccc3)oc2C)o1. The Hall–Kier alpha value is -2.73. The molecule has 0 radical (unpaired) electrons. The van der Waals surface area contributed by atoms with Gasteiger partial charge in [-0.1, -0.05) is 24.3 Å². The van der Waals surface area contributed by atoms with Gasteiger partial charge in [0, 0.05) is 11.3 Å². The predicted molar refractivity (Wildman–Crippen MR) is 111 cm³/mol. The fourth-order valence-electron chi connectivity index (χ4n) is 2.62. The van der Waals surface area contributed by atoms with Gasteiger partial charge in [-0.25, -0.2) is 4.98 Å². The first-order valence-electron chi connectivity index (χ1n) is 9.16. The van der Waals surface area contributed by atoms with Gasteiger partial charge in [-0.2, -0.15) is 0 Å². The Labute approximate surface area is 168 Å². The van der Waals surface area contributed by atoms with Gasteiger partial charge in [-0.15, -0.1) is 11.8 Å². The van der Waals surface area contributed by atoms with E-state index in [9.17, 15) is 4.79 Å². The molecule has 0 saturated carbocycles. The average Bonchev–Trinajstić information content (AvgIpc) is 3.29. The third-order valence-corrected chi connectivity index (χ3v) is 4.83. The topological polar surface area (TPSA) is 65.5 Å². The zero-order chi connectivity index (χ0) is 19.8. The van der Waals surface area contributed by atoms with Crippen LogP contribution in [0.15, 0.2) is 57.4 Å². The molecular weight excluding hydrogens is 374 g/mol. The molecule has 0 amide bonds. The van der Waals surface area contributed by atoms with Gasteiger partial charge in [0.05, 0.1) is 24.5 Å². The lowest BCUT2D eigenvalue weighted by Gasteiger charge is -1.98. The number of oxazole rings is 1. The molecule has 0 saturated heterocycles. The van der Waals surface area contributed by atoms with Crippen molar-refractivity contribution < 1.29 is 18.4 Å². The molecule has 0 N–H and O–H groups in total. The molecule has 0 atom stereocenters. The first-order chi connectivity index (χ1) is 13.7. The summed E-state index contributed by atoms with van der Waals surface area (Å²) in [5.74, 6) is 3.92. The Morgan fingerprint density at radius 1 is 1.18 bits per heavy atom. The molecule has 3 aromatic rings. The van der Waals surface area contributed by atoms with E-state index in [2.05, 4.69) is 4.98 Å². The number of rotatable bonds is 9. The van der Waals surface area contributed by atoms with Crippen LogP contribution >= 0.6 is 11.8 Å². The van der Waals surface area contributed by atoms with E-state index in [1.165, 1.54) is 11.8 Å². The van der Waals surface area contributed by atoms with Gasteiger partial charge in [0.2, 0.25) is 5.89 Å². The fraction of sp³-hybridized carbons (Fsp3) is 0.273. The second kappa shape index (κ2) is 9.99. The van der Waals surface area contributed by atoms with E-state index in [1.807, 2.05) is 61.5 Å². The summed E-state index contributed by atoms with van der Waals surface area (Å²) in [5, 5.41) is 0. The lowest BCUT2D eigenvalue weighted by Crippen LogP contribution is -2.06. The van der Waals surface area contributed by atoms with Crippen LogP contribution in [0.3, 0.4) is 0 Å². The summed E-state index contributed by atoms with van der Waals surface area (Å²) in [6, 6.07) is 13.7. The first-order valence-corrected chi connectivity index (χ1v) is 10.3. The highest BCUT2D eigenvalue weighted by molar-refractivity contribution is 8.00. The van der Waals surface area contributed by atoms with E-state index in [0.29, 0.717) is 24.7 Å². The molecular formula is C22H23NO4S. The van der Waals surface area contributed by atoms with E-state index in [4.69, 9.17) is 13.6 Å². The van der Waals surface area contributed by atoms with Crippen molar-refractivity contribution in [1.82, 2.24) is 4.98 Å². The minimum Gasteiger partial charge on any atom is -0.465 e. The molecule has 3 rings (SSSR count). The van der Waals surface area contributed by atoms with Crippen LogP contribution in [-0.4, -0.2) is 29.1 Å². The molecule has 28 heavy (non-hydrogen) atoms. The van der Waals surface area contributed by atoms with Gasteiger partial charge in [0.15, 0.2) is 0 Å². The lowest BCUT2D eigenvalue weighted by atomic mass is 10.2. The highest BCUT2D eigenvalue weighted by Gasteiger charge is 2.13. The highest BCUT2D eigenvalue weighted by Crippen LogP contribution is 2.23. The predicted octanol–water partition coefficient (Wildman–Crippen LogP) is 5.14. The number of thioether (sulfide) groups is 1. The summed E-state index contributed by atoms with van der Waals surface area (Å²) in [4.78, 5) is 15.9. The van der Waals surface area contributed by atoms with Crippen molar-refractivity contribution in [1.29, 1.82) is 0 Å². The van der Waals surface area contributed by atoms with Crippen molar-refractivity contribution >= 4 is 23.8 Å². The molecule has 146 valence electrons. The van der Waals surface area contributed by atoms with Crippen LogP contribution in [0.5, 0.6) is 0 Å². The zero-order valence-electron chi connectivity index (χ0n) is 16.0. The first kappa shape index (κ1) is 20.0. The van der Waals surface area contributed by atoms with Crippen molar-refractivity contribution in [3.63, 3.8) is 0 Å². The standard InChI is InChI=1S/C22H23NO4S/c1-3-25-21(24)15-28-13-7-10-18-11-12-19(27-18)14-20-16(2)26-22(23-20)17-8-5-4-6-9-17/h4-12H,3,13-15H2,1-2H3/b10-7+. The summed E-state index contributed by atoms with van der Waals surface area (Å²) in [6.07, 6.45) is 4.46. The lowest BCUT2D eigenvalue weighted by molar-refractivity contribution is -0.139. The van der Waals surface area contributed by atoms with E-state index < -0.39 is 0 Å². The molecule has 6 heteroatoms. The van der Waals surface area contributed by atoms with Crippen LogP contribution in [-0.2, 0) is 16.0 Å². The Morgan fingerprint density at radius 3 is 2.79 bits per heavy atom. The number of aryl methyl sites for hydroxylation is 1. The summed E-state index contributed by atoms with van der Waals surface area (Å²) in [7, 11) is 0. The van der Waals surface area contributed by atoms with Gasteiger partial charge < -0.3 is 13.6 Å². The molecule has 1 aromatic carbocycles.